The zero-order chi connectivity index (χ0) is 22.8. The van der Waals surface area contributed by atoms with Crippen LogP contribution >= 0.6 is 0 Å². The van der Waals surface area contributed by atoms with Crippen LogP contribution in [0.15, 0.2) is 84.0 Å². The topological polar surface area (TPSA) is 109 Å². The predicted molar refractivity (Wildman–Crippen MR) is 122 cm³/mol. The van der Waals surface area contributed by atoms with E-state index in [1.54, 1.807) is 42.5 Å². The van der Waals surface area contributed by atoms with Crippen molar-refractivity contribution in [2.75, 3.05) is 10.6 Å². The second-order valence-electron chi connectivity index (χ2n) is 6.76. The molecule has 0 fully saturated rings. The van der Waals surface area contributed by atoms with E-state index < -0.39 is 11.8 Å². The lowest BCUT2D eigenvalue weighted by Crippen LogP contribution is -2.32. The number of ether oxygens (including phenoxy) is 1. The zero-order valence-electron chi connectivity index (χ0n) is 17.4. The molecule has 3 N–H and O–H groups in total. The third-order valence-corrected chi connectivity index (χ3v) is 4.16. The van der Waals surface area contributed by atoms with Crippen LogP contribution in [0.1, 0.15) is 18.1 Å². The first kappa shape index (κ1) is 22.2. The molecule has 3 rings (SSSR count). The molecule has 0 saturated heterocycles. The molecule has 8 nitrogen and oxygen atoms in total. The van der Waals surface area contributed by atoms with Crippen LogP contribution in [0.3, 0.4) is 0 Å². The number of nitrogens with one attached hydrogen (secondary N) is 3. The average molecular weight is 430 g/mol. The second-order valence-corrected chi connectivity index (χ2v) is 6.76. The largest absolute Gasteiger partial charge is 0.489 e. The lowest BCUT2D eigenvalue weighted by Gasteiger charge is -2.07. The summed E-state index contributed by atoms with van der Waals surface area (Å²) in [5, 5.41) is 8.89. The SMILES string of the molecule is CC(=O)Nc1ccc(NC(=O)C(=O)NN=Cc2cccc(OCc3ccccc3)c2)cc1. The third-order valence-electron chi connectivity index (χ3n) is 4.16. The van der Waals surface area contributed by atoms with Gasteiger partial charge in [0, 0.05) is 18.3 Å². The Bertz CT molecular complexity index is 1110. The summed E-state index contributed by atoms with van der Waals surface area (Å²) in [7, 11) is 0. The van der Waals surface area contributed by atoms with Gasteiger partial charge in [-0.25, -0.2) is 5.43 Å². The van der Waals surface area contributed by atoms with E-state index in [-0.39, 0.29) is 5.91 Å². The minimum atomic E-state index is -0.913. The van der Waals surface area contributed by atoms with Crippen LogP contribution in [0.25, 0.3) is 0 Å². The van der Waals surface area contributed by atoms with Gasteiger partial charge >= 0.3 is 11.8 Å². The van der Waals surface area contributed by atoms with E-state index in [2.05, 4.69) is 21.2 Å². The molecule has 32 heavy (non-hydrogen) atoms. The summed E-state index contributed by atoms with van der Waals surface area (Å²) >= 11 is 0. The smallest absolute Gasteiger partial charge is 0.329 e. The molecule has 0 bridgehead atoms. The van der Waals surface area contributed by atoms with E-state index >= 15 is 0 Å². The third kappa shape index (κ3) is 7.10. The molecule has 0 unspecified atom stereocenters. The lowest BCUT2D eigenvalue weighted by molar-refractivity contribution is -0.136. The molecule has 162 valence electrons. The number of hydrogen-bond donors (Lipinski definition) is 3. The highest BCUT2D eigenvalue weighted by molar-refractivity contribution is 6.39. The van der Waals surface area contributed by atoms with E-state index in [1.165, 1.54) is 13.1 Å². The Balaban J connectivity index is 1.49. The number of carbonyl (C=O) groups is 3. The van der Waals surface area contributed by atoms with Crippen molar-refractivity contribution >= 4 is 35.3 Å². The minimum absolute atomic E-state index is 0.202. The van der Waals surface area contributed by atoms with E-state index in [9.17, 15) is 14.4 Å². The minimum Gasteiger partial charge on any atom is -0.489 e. The number of nitrogens with zero attached hydrogens (tertiary/aromatic N) is 1. The summed E-state index contributed by atoms with van der Waals surface area (Å²) in [6, 6.07) is 23.3. The Hall–Kier alpha value is -4.46. The van der Waals surface area contributed by atoms with E-state index in [0.717, 1.165) is 5.56 Å². The van der Waals surface area contributed by atoms with Crippen LogP contribution in [-0.2, 0) is 21.0 Å². The van der Waals surface area contributed by atoms with Crippen molar-refractivity contribution in [2.45, 2.75) is 13.5 Å². The first-order valence-electron chi connectivity index (χ1n) is 9.78. The highest BCUT2D eigenvalue weighted by Crippen LogP contribution is 2.15. The fourth-order valence-electron chi connectivity index (χ4n) is 2.67. The molecular weight excluding hydrogens is 408 g/mol. The van der Waals surface area contributed by atoms with Gasteiger partial charge in [-0.1, -0.05) is 42.5 Å². The van der Waals surface area contributed by atoms with E-state index in [1.807, 2.05) is 36.4 Å². The molecule has 0 aliphatic heterocycles. The van der Waals surface area contributed by atoms with Crippen molar-refractivity contribution in [2.24, 2.45) is 5.10 Å². The number of amides is 3. The standard InChI is InChI=1S/C24H22N4O4/c1-17(29)26-20-10-12-21(13-11-20)27-23(30)24(31)28-25-15-19-8-5-9-22(14-19)32-16-18-6-3-2-4-7-18/h2-15H,16H2,1H3,(H,26,29)(H,27,30)(H,28,31). The summed E-state index contributed by atoms with van der Waals surface area (Å²) in [6.45, 7) is 1.83. The number of carbonyl (C=O) groups excluding carboxylic acids is 3. The number of hydrazone groups is 1. The van der Waals surface area contributed by atoms with Crippen LogP contribution in [0.5, 0.6) is 5.75 Å². The number of hydrogen-bond acceptors (Lipinski definition) is 5. The summed E-state index contributed by atoms with van der Waals surface area (Å²) in [5.74, 6) is -1.32. The number of anilines is 2. The van der Waals surface area contributed by atoms with Gasteiger partial charge in [0.25, 0.3) is 0 Å². The van der Waals surface area contributed by atoms with Crippen LogP contribution in [0, 0.1) is 0 Å². The monoisotopic (exact) mass is 430 g/mol. The van der Waals surface area contributed by atoms with Crippen LogP contribution < -0.4 is 20.8 Å². The molecule has 3 aromatic carbocycles. The molecule has 0 atom stereocenters. The lowest BCUT2D eigenvalue weighted by atomic mass is 10.2. The molecule has 8 heteroatoms. The fourth-order valence-corrected chi connectivity index (χ4v) is 2.67. The number of benzene rings is 3. The van der Waals surface area contributed by atoms with Crippen molar-refractivity contribution in [3.8, 4) is 5.75 Å². The van der Waals surface area contributed by atoms with E-state index in [4.69, 9.17) is 4.74 Å². The number of rotatable bonds is 7. The Kier molecular flexibility index (Phi) is 7.69. The van der Waals surface area contributed by atoms with Crippen LogP contribution in [-0.4, -0.2) is 23.9 Å². The Labute approximate surface area is 185 Å². The average Bonchev–Trinajstić information content (AvgIpc) is 2.79. The summed E-state index contributed by atoms with van der Waals surface area (Å²) in [6.07, 6.45) is 1.42. The first-order chi connectivity index (χ1) is 15.5. The van der Waals surface area contributed by atoms with Crippen LogP contribution in [0.2, 0.25) is 0 Å². The summed E-state index contributed by atoms with van der Waals surface area (Å²) in [4.78, 5) is 35.0. The second kappa shape index (κ2) is 11.1. The summed E-state index contributed by atoms with van der Waals surface area (Å²) in [5.41, 5.74) is 4.93. The van der Waals surface area contributed by atoms with Gasteiger partial charge in [-0.15, -0.1) is 0 Å². The van der Waals surface area contributed by atoms with Gasteiger partial charge in [0.1, 0.15) is 12.4 Å². The first-order valence-corrected chi connectivity index (χ1v) is 9.78. The Morgan fingerprint density at radius 1 is 0.844 bits per heavy atom. The quantitative estimate of drug-likeness (QED) is 0.303. The molecule has 0 heterocycles. The van der Waals surface area contributed by atoms with Crippen molar-refractivity contribution in [1.29, 1.82) is 0 Å². The Morgan fingerprint density at radius 2 is 1.53 bits per heavy atom. The van der Waals surface area contributed by atoms with Gasteiger partial charge in [0.15, 0.2) is 0 Å². The van der Waals surface area contributed by atoms with Crippen molar-refractivity contribution in [3.05, 3.63) is 90.0 Å². The molecule has 3 amide bonds. The van der Waals surface area contributed by atoms with Gasteiger partial charge < -0.3 is 15.4 Å². The maximum absolute atomic E-state index is 12.0. The normalized spacial score (nSPS) is 10.4. The highest BCUT2D eigenvalue weighted by Gasteiger charge is 2.12. The zero-order valence-corrected chi connectivity index (χ0v) is 17.4. The van der Waals surface area contributed by atoms with Gasteiger partial charge in [0.05, 0.1) is 6.21 Å². The molecule has 0 radical (unpaired) electrons. The Morgan fingerprint density at radius 3 is 2.22 bits per heavy atom. The highest BCUT2D eigenvalue weighted by atomic mass is 16.5. The van der Waals surface area contributed by atoms with Gasteiger partial charge in [-0.3, -0.25) is 14.4 Å². The molecule has 3 aromatic rings. The maximum Gasteiger partial charge on any atom is 0.329 e. The molecule has 0 spiro atoms. The molecule has 0 aliphatic carbocycles. The summed E-state index contributed by atoms with van der Waals surface area (Å²) < 4.78 is 5.76. The fraction of sp³-hybridized carbons (Fsp3) is 0.0833. The van der Waals surface area contributed by atoms with Gasteiger partial charge in [0.2, 0.25) is 5.91 Å². The van der Waals surface area contributed by atoms with Crippen molar-refractivity contribution in [1.82, 2.24) is 5.43 Å². The van der Waals surface area contributed by atoms with Crippen molar-refractivity contribution in [3.63, 3.8) is 0 Å². The maximum atomic E-state index is 12.0. The molecular formula is C24H22N4O4. The van der Waals surface area contributed by atoms with Crippen LogP contribution in [0.4, 0.5) is 11.4 Å². The van der Waals surface area contributed by atoms with E-state index in [0.29, 0.717) is 29.3 Å². The molecule has 0 aromatic heterocycles. The van der Waals surface area contributed by atoms with Gasteiger partial charge in [-0.05, 0) is 47.5 Å². The molecule has 0 aliphatic rings. The predicted octanol–water partition coefficient (Wildman–Crippen LogP) is 3.31. The molecule has 0 saturated carbocycles. The van der Waals surface area contributed by atoms with Gasteiger partial charge in [-0.2, -0.15) is 5.10 Å². The van der Waals surface area contributed by atoms with Crippen molar-refractivity contribution < 1.29 is 19.1 Å².